The van der Waals surface area contributed by atoms with E-state index in [1.54, 1.807) is 0 Å². The molecule has 0 aliphatic heterocycles. The van der Waals surface area contributed by atoms with Gasteiger partial charge in [0.05, 0.1) is 0 Å². The maximum absolute atomic E-state index is 12.9. The van der Waals surface area contributed by atoms with Crippen molar-refractivity contribution in [2.24, 2.45) is 0 Å². The van der Waals surface area contributed by atoms with Crippen LogP contribution in [0.4, 0.5) is 0 Å². The summed E-state index contributed by atoms with van der Waals surface area (Å²) in [4.78, 5) is 38.2. The fourth-order valence-electron chi connectivity index (χ4n) is 8.25. The van der Waals surface area contributed by atoms with Crippen molar-refractivity contribution in [1.29, 1.82) is 0 Å². The first-order chi connectivity index (χ1) is 34.0. The lowest BCUT2D eigenvalue weighted by Crippen LogP contribution is -2.30. The number of hydrogen-bond acceptors (Lipinski definition) is 6. The molecule has 1 atom stereocenters. The van der Waals surface area contributed by atoms with Gasteiger partial charge in [-0.2, -0.15) is 0 Å². The van der Waals surface area contributed by atoms with Crippen LogP contribution in [0.15, 0.2) is 72.9 Å². The molecule has 0 bridgehead atoms. The molecule has 6 nitrogen and oxygen atoms in total. The Morgan fingerprint density at radius 2 is 0.565 bits per heavy atom. The highest BCUT2D eigenvalue weighted by atomic mass is 16.6. The van der Waals surface area contributed by atoms with Crippen molar-refractivity contribution in [3.05, 3.63) is 72.9 Å². The molecule has 0 saturated heterocycles. The molecule has 0 heterocycles. The van der Waals surface area contributed by atoms with Gasteiger partial charge in [0.1, 0.15) is 13.2 Å². The van der Waals surface area contributed by atoms with Gasteiger partial charge in [-0.25, -0.2) is 0 Å². The normalized spacial score (nSPS) is 12.6. The van der Waals surface area contributed by atoms with Gasteiger partial charge in [-0.05, 0) is 109 Å². The Bertz CT molecular complexity index is 1290. The molecule has 0 rings (SSSR count). The third kappa shape index (κ3) is 55.6. The zero-order chi connectivity index (χ0) is 50.0. The Kier molecular flexibility index (Phi) is 54.8. The summed E-state index contributed by atoms with van der Waals surface area (Å²) in [6.45, 7) is 6.49. The molecule has 69 heavy (non-hydrogen) atoms. The predicted molar refractivity (Wildman–Crippen MR) is 298 cm³/mol. The van der Waals surface area contributed by atoms with Crippen molar-refractivity contribution >= 4 is 17.9 Å². The van der Waals surface area contributed by atoms with E-state index < -0.39 is 6.10 Å². The van der Waals surface area contributed by atoms with Crippen LogP contribution in [0.5, 0.6) is 0 Å². The van der Waals surface area contributed by atoms with Crippen LogP contribution in [0, 0.1) is 0 Å². The summed E-state index contributed by atoms with van der Waals surface area (Å²) in [5.74, 6) is -0.929. The van der Waals surface area contributed by atoms with Crippen LogP contribution in [-0.4, -0.2) is 37.2 Å². The van der Waals surface area contributed by atoms with Crippen molar-refractivity contribution in [2.75, 3.05) is 13.2 Å². The van der Waals surface area contributed by atoms with Gasteiger partial charge in [0.25, 0.3) is 0 Å². The van der Waals surface area contributed by atoms with Gasteiger partial charge in [-0.3, -0.25) is 14.4 Å². The average molecular weight is 964 g/mol. The summed E-state index contributed by atoms with van der Waals surface area (Å²) >= 11 is 0. The second-order valence-electron chi connectivity index (χ2n) is 19.5. The molecule has 0 aliphatic rings. The molecule has 398 valence electrons. The highest BCUT2D eigenvalue weighted by Gasteiger charge is 2.19. The molecule has 6 heteroatoms. The molecule has 0 unspecified atom stereocenters. The van der Waals surface area contributed by atoms with Crippen molar-refractivity contribution in [3.8, 4) is 0 Å². The Morgan fingerprint density at radius 1 is 0.304 bits per heavy atom. The van der Waals surface area contributed by atoms with Crippen molar-refractivity contribution in [3.63, 3.8) is 0 Å². The van der Waals surface area contributed by atoms with Crippen molar-refractivity contribution in [1.82, 2.24) is 0 Å². The number of carbonyl (C=O) groups is 3. The lowest BCUT2D eigenvalue weighted by molar-refractivity contribution is -0.167. The summed E-state index contributed by atoms with van der Waals surface area (Å²) in [5, 5.41) is 0. The number of allylic oxidation sites excluding steroid dienone is 12. The zero-order valence-electron chi connectivity index (χ0n) is 45.6. The van der Waals surface area contributed by atoms with E-state index in [-0.39, 0.29) is 31.1 Å². The molecule has 0 amide bonds. The number of ether oxygens (including phenoxy) is 3. The molecule has 0 aromatic carbocycles. The quantitative estimate of drug-likeness (QED) is 0.0262. The van der Waals surface area contributed by atoms with Gasteiger partial charge >= 0.3 is 17.9 Å². The highest BCUT2D eigenvalue weighted by Crippen LogP contribution is 2.16. The molecule has 0 radical (unpaired) electrons. The van der Waals surface area contributed by atoms with Crippen LogP contribution < -0.4 is 0 Å². The topological polar surface area (TPSA) is 78.9 Å². The maximum atomic E-state index is 12.9. The number of carbonyl (C=O) groups excluding carboxylic acids is 3. The maximum Gasteiger partial charge on any atom is 0.306 e. The predicted octanol–water partition coefficient (Wildman–Crippen LogP) is 19.8. The van der Waals surface area contributed by atoms with Crippen LogP contribution in [0.3, 0.4) is 0 Å². The summed E-state index contributed by atoms with van der Waals surface area (Å²) in [5.41, 5.74) is 0. The standard InChI is InChI=1S/C63H110O6/c1-4-7-10-13-16-19-22-25-28-29-30-31-32-33-36-38-41-44-47-50-53-56-62(65)68-59-60(69-63(66)57-54-51-48-45-42-39-35-27-24-21-18-15-12-9-6-3)58-67-61(64)55-52-49-46-43-40-37-34-26-23-20-17-14-11-8-5-2/h8,11,17,20-21,24-26,28,34,40,43,60H,4-7,9-10,12-16,18-19,22-23,27,29-33,35-39,41-42,44-59H2,1-3H3/b11-8-,20-17-,24-21-,28-25-,34-26-,43-40-/t60-/m1/s1. The summed E-state index contributed by atoms with van der Waals surface area (Å²) < 4.78 is 16.8. The summed E-state index contributed by atoms with van der Waals surface area (Å²) in [6, 6.07) is 0. The van der Waals surface area contributed by atoms with Gasteiger partial charge in [0.2, 0.25) is 0 Å². The molecule has 0 fully saturated rings. The molecule has 0 spiro atoms. The van der Waals surface area contributed by atoms with Crippen molar-refractivity contribution < 1.29 is 28.6 Å². The van der Waals surface area contributed by atoms with E-state index in [0.717, 1.165) is 83.5 Å². The molecule has 0 N–H and O–H groups in total. The SMILES string of the molecule is CC/C=C\C/C=C\C/C=C\C/C=C\CCCCC(=O)OC[C@H](COC(=O)CCCCCCCCCCCCC/C=C\CCCCCCCC)OC(=O)CCCCCCCCC/C=C\CCCCCC. The van der Waals surface area contributed by atoms with E-state index >= 15 is 0 Å². The minimum Gasteiger partial charge on any atom is -0.462 e. The second kappa shape index (κ2) is 57.4. The van der Waals surface area contributed by atoms with E-state index in [1.165, 1.54) is 167 Å². The molecule has 0 aromatic rings. The van der Waals surface area contributed by atoms with Gasteiger partial charge in [-0.15, -0.1) is 0 Å². The molecule has 0 saturated carbocycles. The molecular weight excluding hydrogens is 853 g/mol. The van der Waals surface area contributed by atoms with E-state index in [4.69, 9.17) is 14.2 Å². The minimum absolute atomic E-state index is 0.0896. The first-order valence-corrected chi connectivity index (χ1v) is 29.4. The fourth-order valence-corrected chi connectivity index (χ4v) is 8.25. The average Bonchev–Trinajstić information content (AvgIpc) is 3.35. The Hall–Kier alpha value is -3.15. The van der Waals surface area contributed by atoms with Crippen LogP contribution in [0.25, 0.3) is 0 Å². The summed E-state index contributed by atoms with van der Waals surface area (Å²) in [7, 11) is 0. The molecule has 0 aromatic heterocycles. The molecular formula is C63H110O6. The number of unbranched alkanes of at least 4 members (excludes halogenated alkanes) is 30. The third-order valence-electron chi connectivity index (χ3n) is 12.7. The summed E-state index contributed by atoms with van der Waals surface area (Å²) in [6.07, 6.45) is 73.3. The minimum atomic E-state index is -0.795. The van der Waals surface area contributed by atoms with E-state index in [0.29, 0.717) is 19.3 Å². The highest BCUT2D eigenvalue weighted by molar-refractivity contribution is 5.71. The number of esters is 3. The van der Waals surface area contributed by atoms with E-state index in [1.807, 2.05) is 0 Å². The Morgan fingerprint density at radius 3 is 0.942 bits per heavy atom. The largest absolute Gasteiger partial charge is 0.462 e. The van der Waals surface area contributed by atoms with E-state index in [9.17, 15) is 14.4 Å². The zero-order valence-corrected chi connectivity index (χ0v) is 45.6. The first-order valence-electron chi connectivity index (χ1n) is 29.4. The van der Waals surface area contributed by atoms with Gasteiger partial charge in [-0.1, -0.05) is 235 Å². The molecule has 0 aliphatic carbocycles. The lowest BCUT2D eigenvalue weighted by atomic mass is 10.0. The Labute approximate surface area is 427 Å². The van der Waals surface area contributed by atoms with Crippen LogP contribution in [0.1, 0.15) is 290 Å². The van der Waals surface area contributed by atoms with E-state index in [2.05, 4.69) is 93.7 Å². The monoisotopic (exact) mass is 963 g/mol. The number of rotatable bonds is 53. The van der Waals surface area contributed by atoms with Crippen LogP contribution >= 0.6 is 0 Å². The smallest absolute Gasteiger partial charge is 0.306 e. The Balaban J connectivity index is 4.38. The van der Waals surface area contributed by atoms with Gasteiger partial charge in [0, 0.05) is 19.3 Å². The third-order valence-corrected chi connectivity index (χ3v) is 12.7. The fraction of sp³-hybridized carbons (Fsp3) is 0.762. The van der Waals surface area contributed by atoms with Gasteiger partial charge in [0.15, 0.2) is 6.10 Å². The second-order valence-corrected chi connectivity index (χ2v) is 19.5. The number of hydrogen-bond donors (Lipinski definition) is 0. The van der Waals surface area contributed by atoms with Gasteiger partial charge < -0.3 is 14.2 Å². The van der Waals surface area contributed by atoms with Crippen molar-refractivity contribution in [2.45, 2.75) is 297 Å². The first kappa shape index (κ1) is 65.8. The lowest BCUT2D eigenvalue weighted by Gasteiger charge is -2.18. The van der Waals surface area contributed by atoms with Crippen LogP contribution in [-0.2, 0) is 28.6 Å². The van der Waals surface area contributed by atoms with Crippen LogP contribution in [0.2, 0.25) is 0 Å².